The van der Waals surface area contributed by atoms with Crippen molar-refractivity contribution in [3.8, 4) is 11.1 Å². The molecule has 1 unspecified atom stereocenters. The number of benzene rings is 1. The monoisotopic (exact) mass is 579 g/mol. The fourth-order valence-corrected chi connectivity index (χ4v) is 7.37. The number of H-pyrrole nitrogens is 1. The zero-order chi connectivity index (χ0) is 30.6. The van der Waals surface area contributed by atoms with Crippen molar-refractivity contribution in [3.05, 3.63) is 82.9 Å². The number of pyridine rings is 2. The molecular weight excluding hydrogens is 534 g/mol. The zero-order valence-corrected chi connectivity index (χ0v) is 26.7. The van der Waals surface area contributed by atoms with Crippen LogP contribution in [0.5, 0.6) is 0 Å². The fourth-order valence-electron chi connectivity index (χ4n) is 7.37. The second-order valence-corrected chi connectivity index (χ2v) is 14.3. The Bertz CT molecular complexity index is 1650. The number of fused-ring (bicyclic) bond motifs is 2. The summed E-state index contributed by atoms with van der Waals surface area (Å²) in [7, 11) is 0. The van der Waals surface area contributed by atoms with E-state index in [2.05, 4.69) is 73.3 Å². The standard InChI is InChI=1S/C36H45N5O2/c1-23-21-39-32-28(23)18-26(22-40-32)25-17-24-12-15-38-30(20-27-11-8-9-14-37-27)31(24)29(19-25)36(34(2,3)4)13-10-16-41(36)33(42)43-35(5,6)7/h8-9,11,14,17-19,21-22,30,38H,10,12-13,15-16,20H2,1-7H3,(H,39,40)/t30?,36-/m1/s1. The minimum atomic E-state index is -0.580. The number of carbonyl (C=O) groups excluding carboxylic acids is 1. The number of likely N-dealkylation sites (tertiary alicyclic amines) is 1. The van der Waals surface area contributed by atoms with Gasteiger partial charge >= 0.3 is 6.09 Å². The van der Waals surface area contributed by atoms with E-state index in [4.69, 9.17) is 9.72 Å². The summed E-state index contributed by atoms with van der Waals surface area (Å²) in [6.45, 7) is 16.3. The molecule has 5 heterocycles. The Kier molecular flexibility index (Phi) is 7.36. The summed E-state index contributed by atoms with van der Waals surface area (Å²) in [5.74, 6) is 0. The van der Waals surface area contributed by atoms with E-state index in [0.29, 0.717) is 6.54 Å². The highest BCUT2D eigenvalue weighted by Gasteiger charge is 2.55. The van der Waals surface area contributed by atoms with E-state index in [0.717, 1.165) is 60.1 Å². The smallest absolute Gasteiger partial charge is 0.411 e. The number of hydrogen-bond acceptors (Lipinski definition) is 5. The third-order valence-electron chi connectivity index (χ3n) is 9.29. The summed E-state index contributed by atoms with van der Waals surface area (Å²) in [4.78, 5) is 28.8. The molecule has 1 saturated heterocycles. The summed E-state index contributed by atoms with van der Waals surface area (Å²) >= 11 is 0. The molecule has 4 aromatic rings. The maximum atomic E-state index is 14.0. The summed E-state index contributed by atoms with van der Waals surface area (Å²) in [5.41, 5.74) is 7.82. The van der Waals surface area contributed by atoms with Gasteiger partial charge in [-0.25, -0.2) is 9.78 Å². The highest BCUT2D eigenvalue weighted by atomic mass is 16.6. The number of rotatable bonds is 4. The molecule has 0 saturated carbocycles. The quantitative estimate of drug-likeness (QED) is 0.260. The molecule has 0 spiro atoms. The minimum absolute atomic E-state index is 0.0792. The lowest BCUT2D eigenvalue weighted by Gasteiger charge is -2.50. The van der Waals surface area contributed by atoms with E-state index < -0.39 is 11.1 Å². The highest BCUT2D eigenvalue weighted by molar-refractivity contribution is 5.85. The number of carbonyl (C=O) groups is 1. The SMILES string of the molecule is Cc1c[nH]c2ncc(-c3cc4c(c([C@@]5(C(C)(C)C)CCCN5C(=O)OC(C)(C)C)c3)C(Cc3ccccn3)NCC4)cc12. The van der Waals surface area contributed by atoms with Crippen molar-refractivity contribution in [1.82, 2.24) is 25.2 Å². The number of hydrogen-bond donors (Lipinski definition) is 2. The van der Waals surface area contributed by atoms with E-state index in [1.807, 2.05) is 50.3 Å². The Labute approximate surface area is 255 Å². The Morgan fingerprint density at radius 1 is 1.09 bits per heavy atom. The lowest BCUT2D eigenvalue weighted by Crippen LogP contribution is -2.55. The molecular formula is C36H45N5O2. The van der Waals surface area contributed by atoms with Gasteiger partial charge in [0.05, 0.1) is 5.54 Å². The fraction of sp³-hybridized carbons (Fsp3) is 0.472. The van der Waals surface area contributed by atoms with Crippen LogP contribution in [0.25, 0.3) is 22.2 Å². The van der Waals surface area contributed by atoms with Gasteiger partial charge in [0, 0.05) is 54.2 Å². The number of nitrogens with one attached hydrogen (secondary N) is 2. The first kappa shape index (κ1) is 29.4. The van der Waals surface area contributed by atoms with Crippen LogP contribution in [0, 0.1) is 12.3 Å². The van der Waals surface area contributed by atoms with Crippen molar-refractivity contribution in [2.24, 2.45) is 5.41 Å². The third kappa shape index (κ3) is 5.33. The maximum absolute atomic E-state index is 14.0. The molecule has 7 nitrogen and oxygen atoms in total. The van der Waals surface area contributed by atoms with Crippen LogP contribution in [-0.2, 0) is 23.1 Å². The Hall–Kier alpha value is -3.71. The molecule has 0 bridgehead atoms. The van der Waals surface area contributed by atoms with Crippen molar-refractivity contribution < 1.29 is 9.53 Å². The van der Waals surface area contributed by atoms with E-state index >= 15 is 0 Å². The van der Waals surface area contributed by atoms with E-state index in [-0.39, 0.29) is 17.6 Å². The average molecular weight is 580 g/mol. The van der Waals surface area contributed by atoms with Gasteiger partial charge in [-0.05, 0) is 111 Å². The van der Waals surface area contributed by atoms with Crippen LogP contribution in [0.4, 0.5) is 4.79 Å². The van der Waals surface area contributed by atoms with Gasteiger partial charge in [-0.3, -0.25) is 9.88 Å². The zero-order valence-electron chi connectivity index (χ0n) is 26.7. The van der Waals surface area contributed by atoms with E-state index in [1.54, 1.807) is 0 Å². The predicted octanol–water partition coefficient (Wildman–Crippen LogP) is 7.64. The van der Waals surface area contributed by atoms with Gasteiger partial charge in [0.1, 0.15) is 11.2 Å². The van der Waals surface area contributed by atoms with Crippen molar-refractivity contribution in [2.75, 3.05) is 13.1 Å². The molecule has 2 atom stereocenters. The van der Waals surface area contributed by atoms with Crippen LogP contribution >= 0.6 is 0 Å². The Morgan fingerprint density at radius 3 is 2.63 bits per heavy atom. The number of aromatic nitrogens is 3. The molecule has 1 amide bonds. The Balaban J connectivity index is 1.59. The highest BCUT2D eigenvalue weighted by Crippen LogP contribution is 2.55. The predicted molar refractivity (Wildman–Crippen MR) is 172 cm³/mol. The summed E-state index contributed by atoms with van der Waals surface area (Å²) in [6, 6.07) is 13.2. The second kappa shape index (κ2) is 10.8. The first-order valence-electron chi connectivity index (χ1n) is 15.6. The summed E-state index contributed by atoms with van der Waals surface area (Å²) in [6.07, 6.45) is 9.10. The lowest BCUT2D eigenvalue weighted by molar-refractivity contribution is -0.0229. The summed E-state index contributed by atoms with van der Waals surface area (Å²) in [5, 5.41) is 4.97. The molecule has 6 rings (SSSR count). The number of amides is 1. The largest absolute Gasteiger partial charge is 0.444 e. The average Bonchev–Trinajstić information content (AvgIpc) is 3.57. The number of nitrogens with zero attached hydrogens (tertiary/aromatic N) is 3. The van der Waals surface area contributed by atoms with Gasteiger partial charge < -0.3 is 15.0 Å². The molecule has 2 aliphatic rings. The van der Waals surface area contributed by atoms with Crippen molar-refractivity contribution in [3.63, 3.8) is 0 Å². The number of ether oxygens (including phenoxy) is 1. The van der Waals surface area contributed by atoms with Crippen LogP contribution < -0.4 is 5.32 Å². The minimum Gasteiger partial charge on any atom is -0.444 e. The van der Waals surface area contributed by atoms with Gasteiger partial charge in [-0.1, -0.05) is 32.9 Å². The third-order valence-corrected chi connectivity index (χ3v) is 9.29. The van der Waals surface area contributed by atoms with Gasteiger partial charge in [0.2, 0.25) is 0 Å². The first-order chi connectivity index (χ1) is 20.4. The number of aromatic amines is 1. The number of aryl methyl sites for hydroxylation is 1. The van der Waals surface area contributed by atoms with Crippen LogP contribution in [0.1, 0.15) is 88.4 Å². The molecule has 0 aliphatic carbocycles. The van der Waals surface area contributed by atoms with Crippen LogP contribution in [0.3, 0.4) is 0 Å². The normalized spacial score (nSPS) is 20.8. The topological polar surface area (TPSA) is 83.1 Å². The van der Waals surface area contributed by atoms with Crippen LogP contribution in [0.2, 0.25) is 0 Å². The summed E-state index contributed by atoms with van der Waals surface area (Å²) < 4.78 is 6.08. The van der Waals surface area contributed by atoms with Gasteiger partial charge in [0.25, 0.3) is 0 Å². The second-order valence-electron chi connectivity index (χ2n) is 14.3. The molecule has 2 N–H and O–H groups in total. The molecule has 1 fully saturated rings. The molecule has 7 heteroatoms. The molecule has 3 aromatic heterocycles. The van der Waals surface area contributed by atoms with Crippen molar-refractivity contribution >= 4 is 17.1 Å². The molecule has 226 valence electrons. The first-order valence-corrected chi connectivity index (χ1v) is 15.6. The van der Waals surface area contributed by atoms with Gasteiger partial charge in [-0.15, -0.1) is 0 Å². The van der Waals surface area contributed by atoms with Crippen LogP contribution in [-0.4, -0.2) is 44.6 Å². The van der Waals surface area contributed by atoms with Crippen molar-refractivity contribution in [1.29, 1.82) is 0 Å². The molecule has 0 radical (unpaired) electrons. The van der Waals surface area contributed by atoms with Crippen molar-refractivity contribution in [2.45, 2.75) is 91.3 Å². The Morgan fingerprint density at radius 2 is 1.91 bits per heavy atom. The van der Waals surface area contributed by atoms with E-state index in [1.165, 1.54) is 22.3 Å². The molecule has 2 aliphatic heterocycles. The van der Waals surface area contributed by atoms with Gasteiger partial charge in [-0.2, -0.15) is 0 Å². The van der Waals surface area contributed by atoms with E-state index in [9.17, 15) is 4.79 Å². The van der Waals surface area contributed by atoms with Gasteiger partial charge in [0.15, 0.2) is 0 Å². The molecule has 1 aromatic carbocycles. The van der Waals surface area contributed by atoms with Crippen LogP contribution in [0.15, 0.2) is 55.0 Å². The maximum Gasteiger partial charge on any atom is 0.411 e. The lowest BCUT2D eigenvalue weighted by atomic mass is 9.64. The molecule has 43 heavy (non-hydrogen) atoms.